The smallest absolute Gasteiger partial charge is 0.251 e. The van der Waals surface area contributed by atoms with Crippen LogP contribution >= 0.6 is 23.4 Å². The summed E-state index contributed by atoms with van der Waals surface area (Å²) in [4.78, 5) is 12.2. The summed E-state index contributed by atoms with van der Waals surface area (Å²) in [7, 11) is -2.30. The van der Waals surface area contributed by atoms with Gasteiger partial charge < -0.3 is 5.32 Å². The number of sulfonamides is 1. The number of benzene rings is 2. The summed E-state index contributed by atoms with van der Waals surface area (Å²) >= 11 is 7.40. The molecule has 0 atom stereocenters. The van der Waals surface area contributed by atoms with Crippen molar-refractivity contribution < 1.29 is 17.6 Å². The summed E-state index contributed by atoms with van der Waals surface area (Å²) in [6.45, 7) is 0.360. The Balaban J connectivity index is 1.85. The molecule has 2 aromatic rings. The lowest BCUT2D eigenvalue weighted by Crippen LogP contribution is -2.26. The Kier molecular flexibility index (Phi) is 7.45. The molecule has 2 rings (SSSR count). The number of amides is 1. The van der Waals surface area contributed by atoms with Crippen LogP contribution in [0.3, 0.4) is 0 Å². The van der Waals surface area contributed by atoms with Crippen LogP contribution in [-0.4, -0.2) is 33.7 Å². The van der Waals surface area contributed by atoms with Crippen molar-refractivity contribution in [1.82, 2.24) is 10.0 Å². The van der Waals surface area contributed by atoms with Crippen LogP contribution in [0.1, 0.15) is 15.9 Å². The molecule has 9 heteroatoms. The highest BCUT2D eigenvalue weighted by Gasteiger charge is 2.14. The SMILES string of the molecule is CNS(=O)(=O)c1cccc(C(=O)NCCSCc2c(F)cccc2Cl)c1. The Bertz CT molecular complexity index is 871. The van der Waals surface area contributed by atoms with E-state index < -0.39 is 10.0 Å². The van der Waals surface area contributed by atoms with Crippen LogP contribution < -0.4 is 10.0 Å². The van der Waals surface area contributed by atoms with Crippen molar-refractivity contribution in [2.45, 2.75) is 10.6 Å². The maximum absolute atomic E-state index is 13.7. The van der Waals surface area contributed by atoms with Crippen LogP contribution in [0, 0.1) is 5.82 Å². The summed E-state index contributed by atoms with van der Waals surface area (Å²) in [5.74, 6) is 0.238. The number of hydrogen-bond acceptors (Lipinski definition) is 4. The molecule has 0 spiro atoms. The van der Waals surface area contributed by atoms with Crippen LogP contribution in [0.4, 0.5) is 4.39 Å². The maximum atomic E-state index is 13.7. The molecular formula is C17H18ClFN2O3S2. The minimum Gasteiger partial charge on any atom is -0.351 e. The maximum Gasteiger partial charge on any atom is 0.251 e. The summed E-state index contributed by atoms with van der Waals surface area (Å²) in [6.07, 6.45) is 0. The first-order valence-corrected chi connectivity index (χ1v) is 10.7. The number of nitrogens with one attached hydrogen (secondary N) is 2. The molecule has 0 heterocycles. The minimum absolute atomic E-state index is 0.0243. The van der Waals surface area contributed by atoms with Gasteiger partial charge in [-0.05, 0) is 37.4 Å². The van der Waals surface area contributed by atoms with Crippen LogP contribution in [0.5, 0.6) is 0 Å². The summed E-state index contributed by atoms with van der Waals surface area (Å²) in [5, 5.41) is 3.09. The van der Waals surface area contributed by atoms with E-state index in [2.05, 4.69) is 10.0 Å². The van der Waals surface area contributed by atoms with E-state index in [1.807, 2.05) is 0 Å². The number of carbonyl (C=O) groups is 1. The van der Waals surface area contributed by atoms with Gasteiger partial charge in [0.15, 0.2) is 0 Å². The van der Waals surface area contributed by atoms with E-state index in [9.17, 15) is 17.6 Å². The van der Waals surface area contributed by atoms with E-state index in [0.717, 1.165) is 0 Å². The number of hydrogen-bond donors (Lipinski definition) is 2. The molecule has 0 saturated heterocycles. The molecule has 140 valence electrons. The van der Waals surface area contributed by atoms with Crippen LogP contribution in [0.2, 0.25) is 5.02 Å². The van der Waals surface area contributed by atoms with Crippen LogP contribution in [-0.2, 0) is 15.8 Å². The van der Waals surface area contributed by atoms with Gasteiger partial charge in [-0.2, -0.15) is 11.8 Å². The molecular weight excluding hydrogens is 399 g/mol. The largest absolute Gasteiger partial charge is 0.351 e. The predicted molar refractivity (Wildman–Crippen MR) is 103 cm³/mol. The van der Waals surface area contributed by atoms with Crippen molar-refractivity contribution >= 4 is 39.3 Å². The van der Waals surface area contributed by atoms with Gasteiger partial charge >= 0.3 is 0 Å². The van der Waals surface area contributed by atoms with Crippen molar-refractivity contribution in [3.05, 3.63) is 64.4 Å². The average Bonchev–Trinajstić information content (AvgIpc) is 2.63. The molecule has 0 bridgehead atoms. The fourth-order valence-corrected chi connectivity index (χ4v) is 4.08. The highest BCUT2D eigenvalue weighted by molar-refractivity contribution is 7.98. The van der Waals surface area contributed by atoms with Gasteiger partial charge in [0.2, 0.25) is 10.0 Å². The van der Waals surface area contributed by atoms with Crippen LogP contribution in [0.15, 0.2) is 47.4 Å². The third-order valence-electron chi connectivity index (χ3n) is 3.52. The summed E-state index contributed by atoms with van der Waals surface area (Å²) < 4.78 is 39.4. The highest BCUT2D eigenvalue weighted by atomic mass is 35.5. The van der Waals surface area contributed by atoms with Gasteiger partial charge in [0.25, 0.3) is 5.91 Å². The Labute approximate surface area is 161 Å². The summed E-state index contributed by atoms with van der Waals surface area (Å²) in [5.41, 5.74) is 0.693. The zero-order valence-electron chi connectivity index (χ0n) is 14.0. The Morgan fingerprint density at radius 2 is 1.96 bits per heavy atom. The molecule has 2 aromatic carbocycles. The lowest BCUT2D eigenvalue weighted by atomic mass is 10.2. The fourth-order valence-electron chi connectivity index (χ4n) is 2.11. The molecule has 0 radical (unpaired) electrons. The number of halogens is 2. The standard InChI is InChI=1S/C17H18ClFN2O3S2/c1-20-26(23,24)13-5-2-4-12(10-13)17(22)21-8-9-25-11-14-15(18)6-3-7-16(14)19/h2-7,10,20H,8-9,11H2,1H3,(H,21,22). The van der Waals surface area contributed by atoms with Gasteiger partial charge in [-0.1, -0.05) is 23.7 Å². The normalized spacial score (nSPS) is 11.3. The molecule has 0 fully saturated rings. The number of rotatable bonds is 8. The van der Waals surface area contributed by atoms with Crippen molar-refractivity contribution in [2.24, 2.45) is 0 Å². The molecule has 0 aliphatic heterocycles. The topological polar surface area (TPSA) is 75.3 Å². The molecule has 26 heavy (non-hydrogen) atoms. The molecule has 0 saturated carbocycles. The quantitative estimate of drug-likeness (QED) is 0.648. The first-order chi connectivity index (χ1) is 12.3. The monoisotopic (exact) mass is 416 g/mol. The zero-order chi connectivity index (χ0) is 19.2. The Morgan fingerprint density at radius 3 is 2.65 bits per heavy atom. The van der Waals surface area contributed by atoms with Gasteiger partial charge in [-0.25, -0.2) is 17.5 Å². The minimum atomic E-state index is -3.60. The van der Waals surface area contributed by atoms with E-state index >= 15 is 0 Å². The molecule has 0 unspecified atom stereocenters. The molecule has 0 aliphatic carbocycles. The van der Waals surface area contributed by atoms with Crippen molar-refractivity contribution in [3.8, 4) is 0 Å². The lowest BCUT2D eigenvalue weighted by molar-refractivity contribution is 0.0956. The Morgan fingerprint density at radius 1 is 1.23 bits per heavy atom. The number of thioether (sulfide) groups is 1. The second kappa shape index (κ2) is 9.36. The summed E-state index contributed by atoms with van der Waals surface area (Å²) in [6, 6.07) is 10.3. The van der Waals surface area contributed by atoms with E-state index in [0.29, 0.717) is 28.6 Å². The van der Waals surface area contributed by atoms with E-state index in [1.54, 1.807) is 12.1 Å². The van der Waals surface area contributed by atoms with Gasteiger partial charge in [0, 0.05) is 34.2 Å². The second-order valence-corrected chi connectivity index (χ2v) is 8.64. The van der Waals surface area contributed by atoms with Gasteiger partial charge in [0.05, 0.1) is 4.90 Å². The van der Waals surface area contributed by atoms with Gasteiger partial charge in [0.1, 0.15) is 5.82 Å². The molecule has 1 amide bonds. The van der Waals surface area contributed by atoms with E-state index in [4.69, 9.17) is 11.6 Å². The molecule has 2 N–H and O–H groups in total. The van der Waals surface area contributed by atoms with Crippen LogP contribution in [0.25, 0.3) is 0 Å². The molecule has 5 nitrogen and oxygen atoms in total. The fraction of sp³-hybridized carbons (Fsp3) is 0.235. The van der Waals surface area contributed by atoms with Crippen molar-refractivity contribution in [1.29, 1.82) is 0 Å². The van der Waals surface area contributed by atoms with Gasteiger partial charge in [-0.15, -0.1) is 0 Å². The van der Waals surface area contributed by atoms with E-state index in [-0.39, 0.29) is 22.2 Å². The van der Waals surface area contributed by atoms with Crippen molar-refractivity contribution in [2.75, 3.05) is 19.3 Å². The third kappa shape index (κ3) is 5.44. The highest BCUT2D eigenvalue weighted by Crippen LogP contribution is 2.23. The first-order valence-electron chi connectivity index (χ1n) is 7.67. The Hall–Kier alpha value is -1.61. The second-order valence-electron chi connectivity index (χ2n) is 5.24. The number of carbonyl (C=O) groups excluding carboxylic acids is 1. The zero-order valence-corrected chi connectivity index (χ0v) is 16.3. The molecule has 0 aliphatic rings. The third-order valence-corrected chi connectivity index (χ3v) is 6.27. The average molecular weight is 417 g/mol. The van der Waals surface area contributed by atoms with Gasteiger partial charge in [-0.3, -0.25) is 4.79 Å². The lowest BCUT2D eigenvalue weighted by Gasteiger charge is -2.08. The van der Waals surface area contributed by atoms with E-state index in [1.165, 1.54) is 49.1 Å². The predicted octanol–water partition coefficient (Wildman–Crippen LogP) is 3.05. The molecule has 0 aromatic heterocycles. The first kappa shape index (κ1) is 20.7. The van der Waals surface area contributed by atoms with Crippen molar-refractivity contribution in [3.63, 3.8) is 0 Å².